The summed E-state index contributed by atoms with van der Waals surface area (Å²) in [5, 5.41) is 9.35. The number of aliphatic hydroxyl groups excluding tert-OH is 1. The van der Waals surface area contributed by atoms with Crippen LogP contribution >= 0.6 is 11.6 Å². The number of aliphatic hydroxyl groups is 1. The Kier molecular flexibility index (Phi) is 5.48. The Morgan fingerprint density at radius 1 is 1.29 bits per heavy atom. The number of nitrogen functional groups attached to an aromatic ring is 1. The van der Waals surface area contributed by atoms with E-state index in [9.17, 15) is 13.5 Å². The quantitative estimate of drug-likeness (QED) is 0.810. The first-order valence-corrected chi connectivity index (χ1v) is 8.96. The molecule has 0 aromatic heterocycles. The second-order valence-electron chi connectivity index (χ2n) is 5.32. The van der Waals surface area contributed by atoms with Gasteiger partial charge in [-0.1, -0.05) is 30.9 Å². The fourth-order valence-corrected chi connectivity index (χ4v) is 5.02. The molecule has 0 bridgehead atoms. The van der Waals surface area contributed by atoms with Crippen LogP contribution in [0.3, 0.4) is 0 Å². The predicted octanol–water partition coefficient (Wildman–Crippen LogP) is 2.24. The first-order chi connectivity index (χ1) is 9.96. The number of hydrogen-bond acceptors (Lipinski definition) is 4. The lowest BCUT2D eigenvalue weighted by atomic mass is 9.95. The highest BCUT2D eigenvalue weighted by atomic mass is 35.5. The van der Waals surface area contributed by atoms with Crippen molar-refractivity contribution in [3.63, 3.8) is 0 Å². The van der Waals surface area contributed by atoms with Gasteiger partial charge in [0.25, 0.3) is 0 Å². The van der Waals surface area contributed by atoms with Crippen molar-refractivity contribution in [2.75, 3.05) is 18.9 Å². The summed E-state index contributed by atoms with van der Waals surface area (Å²) in [5.41, 5.74) is 6.04. The second-order valence-corrected chi connectivity index (χ2v) is 7.59. The number of sulfonamides is 1. The molecule has 0 unspecified atom stereocenters. The Bertz CT molecular complexity index is 586. The van der Waals surface area contributed by atoms with Gasteiger partial charge in [0, 0.05) is 18.3 Å². The van der Waals surface area contributed by atoms with Crippen LogP contribution in [0.25, 0.3) is 0 Å². The predicted molar refractivity (Wildman–Crippen MR) is 83.7 cm³/mol. The number of hydrogen-bond donors (Lipinski definition) is 2. The van der Waals surface area contributed by atoms with E-state index < -0.39 is 10.0 Å². The van der Waals surface area contributed by atoms with Crippen LogP contribution in [0.5, 0.6) is 0 Å². The summed E-state index contributed by atoms with van der Waals surface area (Å²) in [4.78, 5) is 0.0531. The van der Waals surface area contributed by atoms with Gasteiger partial charge in [0.05, 0.1) is 11.6 Å². The minimum absolute atomic E-state index is 0.0531. The van der Waals surface area contributed by atoms with Gasteiger partial charge in [0.1, 0.15) is 4.90 Å². The minimum Gasteiger partial charge on any atom is -0.399 e. The van der Waals surface area contributed by atoms with Crippen molar-refractivity contribution < 1.29 is 13.5 Å². The topological polar surface area (TPSA) is 83.6 Å². The van der Waals surface area contributed by atoms with Crippen molar-refractivity contribution >= 4 is 27.3 Å². The summed E-state index contributed by atoms with van der Waals surface area (Å²) in [6, 6.07) is 4.33. The molecule has 1 aliphatic rings. The summed E-state index contributed by atoms with van der Waals surface area (Å²) >= 11 is 6.05. The van der Waals surface area contributed by atoms with Crippen molar-refractivity contribution in [1.29, 1.82) is 0 Å². The van der Waals surface area contributed by atoms with Crippen molar-refractivity contribution in [3.05, 3.63) is 23.2 Å². The molecule has 7 heteroatoms. The van der Waals surface area contributed by atoms with E-state index in [0.29, 0.717) is 5.69 Å². The van der Waals surface area contributed by atoms with Crippen LogP contribution < -0.4 is 5.73 Å². The van der Waals surface area contributed by atoms with Crippen LogP contribution in [0.1, 0.15) is 32.1 Å². The molecule has 0 aliphatic heterocycles. The molecule has 1 saturated carbocycles. The molecule has 1 aliphatic carbocycles. The molecule has 0 saturated heterocycles. The monoisotopic (exact) mass is 332 g/mol. The minimum atomic E-state index is -3.72. The average Bonchev–Trinajstić information content (AvgIpc) is 2.45. The number of nitrogens with zero attached hydrogens (tertiary/aromatic N) is 1. The van der Waals surface area contributed by atoms with E-state index in [4.69, 9.17) is 17.3 Å². The molecular formula is C14H21ClN2O3S. The molecule has 1 fully saturated rings. The van der Waals surface area contributed by atoms with Crippen LogP contribution in [0.2, 0.25) is 5.02 Å². The van der Waals surface area contributed by atoms with Crippen LogP contribution in [0, 0.1) is 0 Å². The first-order valence-electron chi connectivity index (χ1n) is 7.14. The highest BCUT2D eigenvalue weighted by Gasteiger charge is 2.33. The molecule has 0 radical (unpaired) electrons. The Labute approximate surface area is 130 Å². The zero-order chi connectivity index (χ0) is 15.5. The molecule has 21 heavy (non-hydrogen) atoms. The summed E-state index contributed by atoms with van der Waals surface area (Å²) in [6.45, 7) is -0.115. The Morgan fingerprint density at radius 3 is 2.52 bits per heavy atom. The summed E-state index contributed by atoms with van der Waals surface area (Å²) in [7, 11) is -3.72. The van der Waals surface area contributed by atoms with Crippen LogP contribution in [0.15, 0.2) is 23.1 Å². The molecular weight excluding hydrogens is 312 g/mol. The molecule has 0 amide bonds. The zero-order valence-corrected chi connectivity index (χ0v) is 13.4. The van der Waals surface area contributed by atoms with Crippen molar-refractivity contribution in [3.8, 4) is 0 Å². The number of benzene rings is 1. The molecule has 2 rings (SSSR count). The van der Waals surface area contributed by atoms with Crippen molar-refractivity contribution in [1.82, 2.24) is 4.31 Å². The Morgan fingerprint density at radius 2 is 1.95 bits per heavy atom. The number of anilines is 1. The smallest absolute Gasteiger partial charge is 0.244 e. The third kappa shape index (κ3) is 3.69. The summed E-state index contributed by atoms with van der Waals surface area (Å²) in [6.07, 6.45) is 4.80. The van der Waals surface area contributed by atoms with Crippen LogP contribution in [-0.4, -0.2) is 37.0 Å². The van der Waals surface area contributed by atoms with E-state index in [2.05, 4.69) is 0 Å². The zero-order valence-electron chi connectivity index (χ0n) is 11.8. The summed E-state index contributed by atoms with van der Waals surface area (Å²) < 4.78 is 27.1. The third-order valence-electron chi connectivity index (χ3n) is 3.84. The molecule has 3 N–H and O–H groups in total. The standard InChI is InChI=1S/C14H21ClN2O3S/c15-13-10-11(16)6-7-14(13)21(19,20)17(8-9-18)12-4-2-1-3-5-12/h6-7,10,12,18H,1-5,8-9,16H2. The van der Waals surface area contributed by atoms with E-state index in [1.54, 1.807) is 0 Å². The highest BCUT2D eigenvalue weighted by Crippen LogP contribution is 2.31. The maximum Gasteiger partial charge on any atom is 0.244 e. The molecule has 0 spiro atoms. The van der Waals surface area contributed by atoms with Gasteiger partial charge < -0.3 is 10.8 Å². The lowest BCUT2D eigenvalue weighted by molar-refractivity contribution is 0.199. The Hall–Kier alpha value is -0.820. The maximum absolute atomic E-state index is 12.8. The fraction of sp³-hybridized carbons (Fsp3) is 0.571. The molecule has 118 valence electrons. The largest absolute Gasteiger partial charge is 0.399 e. The van der Waals surface area contributed by atoms with Crippen LogP contribution in [0.4, 0.5) is 5.69 Å². The van der Waals surface area contributed by atoms with Gasteiger partial charge in [-0.25, -0.2) is 8.42 Å². The lowest BCUT2D eigenvalue weighted by Crippen LogP contribution is -2.43. The van der Waals surface area contributed by atoms with Gasteiger partial charge in [0.2, 0.25) is 10.0 Å². The molecule has 0 atom stereocenters. The molecule has 5 nitrogen and oxygen atoms in total. The van der Waals surface area contributed by atoms with Crippen molar-refractivity contribution in [2.45, 2.75) is 43.0 Å². The van der Waals surface area contributed by atoms with E-state index in [-0.39, 0.29) is 29.1 Å². The van der Waals surface area contributed by atoms with Gasteiger partial charge in [-0.2, -0.15) is 4.31 Å². The van der Waals surface area contributed by atoms with E-state index in [0.717, 1.165) is 32.1 Å². The van der Waals surface area contributed by atoms with Crippen LogP contribution in [-0.2, 0) is 10.0 Å². The van der Waals surface area contributed by atoms with E-state index in [1.807, 2.05) is 0 Å². The molecule has 1 aromatic carbocycles. The Balaban J connectivity index is 2.36. The molecule has 0 heterocycles. The third-order valence-corrected chi connectivity index (χ3v) is 6.28. The SMILES string of the molecule is Nc1ccc(S(=O)(=O)N(CCO)C2CCCCC2)c(Cl)c1. The summed E-state index contributed by atoms with van der Waals surface area (Å²) in [5.74, 6) is 0. The average molecular weight is 333 g/mol. The maximum atomic E-state index is 12.8. The lowest BCUT2D eigenvalue weighted by Gasteiger charge is -2.33. The van der Waals surface area contributed by atoms with Gasteiger partial charge in [-0.05, 0) is 31.0 Å². The van der Waals surface area contributed by atoms with E-state index in [1.165, 1.54) is 22.5 Å². The van der Waals surface area contributed by atoms with Gasteiger partial charge in [-0.3, -0.25) is 0 Å². The molecule has 1 aromatic rings. The number of rotatable bonds is 5. The normalized spacial score (nSPS) is 17.3. The van der Waals surface area contributed by atoms with Gasteiger partial charge >= 0.3 is 0 Å². The first kappa shape index (κ1) is 16.5. The fourth-order valence-electron chi connectivity index (χ4n) is 2.82. The number of halogens is 1. The van der Waals surface area contributed by atoms with Gasteiger partial charge in [0.15, 0.2) is 0 Å². The van der Waals surface area contributed by atoms with Crippen molar-refractivity contribution in [2.24, 2.45) is 0 Å². The highest BCUT2D eigenvalue weighted by molar-refractivity contribution is 7.89. The number of nitrogens with two attached hydrogens (primary N) is 1. The van der Waals surface area contributed by atoms with E-state index >= 15 is 0 Å². The second kappa shape index (κ2) is 6.96. The van der Waals surface area contributed by atoms with Gasteiger partial charge in [-0.15, -0.1) is 0 Å².